The molecule has 0 radical (unpaired) electrons. The van der Waals surface area contributed by atoms with Gasteiger partial charge >= 0.3 is 0 Å². The predicted octanol–water partition coefficient (Wildman–Crippen LogP) is 2.41. The average Bonchev–Trinajstić information content (AvgIpc) is 2.84. The molecular formula is C12H15Cl2N5OS. The number of halogens is 2. The Labute approximate surface area is 137 Å². The van der Waals surface area contributed by atoms with E-state index in [9.17, 15) is 0 Å². The van der Waals surface area contributed by atoms with E-state index in [1.54, 1.807) is 23.6 Å². The minimum Gasteiger partial charge on any atom is -0.494 e. The summed E-state index contributed by atoms with van der Waals surface area (Å²) >= 11 is 13.8. The Bertz CT molecular complexity index is 584. The van der Waals surface area contributed by atoms with E-state index >= 15 is 0 Å². The number of hydrogen-bond donors (Lipinski definition) is 1. The Morgan fingerprint density at radius 3 is 2.62 bits per heavy atom. The third kappa shape index (κ3) is 4.47. The van der Waals surface area contributed by atoms with E-state index in [4.69, 9.17) is 27.9 Å². The van der Waals surface area contributed by atoms with Crippen molar-refractivity contribution in [1.82, 2.24) is 25.5 Å². The molecule has 1 N–H and O–H groups in total. The fraction of sp³-hybridized carbons (Fsp3) is 0.417. The van der Waals surface area contributed by atoms with Crippen molar-refractivity contribution in [2.75, 3.05) is 19.4 Å². The summed E-state index contributed by atoms with van der Waals surface area (Å²) in [6, 6.07) is 3.69. The van der Waals surface area contributed by atoms with Gasteiger partial charge in [-0.3, -0.25) is 0 Å². The van der Waals surface area contributed by atoms with Gasteiger partial charge in [-0.1, -0.05) is 35.0 Å². The van der Waals surface area contributed by atoms with Gasteiger partial charge in [0.15, 0.2) is 5.75 Å². The molecule has 114 valence electrons. The smallest absolute Gasteiger partial charge is 0.209 e. The molecule has 0 saturated heterocycles. The molecule has 6 nitrogen and oxygen atoms in total. The molecule has 2 aromatic rings. The highest BCUT2D eigenvalue weighted by atomic mass is 35.5. The Morgan fingerprint density at radius 1 is 1.33 bits per heavy atom. The van der Waals surface area contributed by atoms with Crippen LogP contribution in [0.1, 0.15) is 5.56 Å². The van der Waals surface area contributed by atoms with Gasteiger partial charge in [0.1, 0.15) is 0 Å². The molecule has 9 heteroatoms. The zero-order valence-electron chi connectivity index (χ0n) is 11.6. The van der Waals surface area contributed by atoms with Gasteiger partial charge in [-0.05, 0) is 28.1 Å². The molecule has 0 aliphatic carbocycles. The highest BCUT2D eigenvalue weighted by Gasteiger charge is 2.08. The number of thioether (sulfide) groups is 1. The van der Waals surface area contributed by atoms with E-state index < -0.39 is 0 Å². The molecule has 1 heterocycles. The molecule has 0 aliphatic rings. The number of rotatable bonds is 7. The van der Waals surface area contributed by atoms with Crippen molar-refractivity contribution in [2.24, 2.45) is 7.05 Å². The zero-order valence-corrected chi connectivity index (χ0v) is 14.0. The van der Waals surface area contributed by atoms with E-state index in [1.807, 2.05) is 19.2 Å². The topological polar surface area (TPSA) is 64.9 Å². The molecule has 0 bridgehead atoms. The number of aryl methyl sites for hydroxylation is 1. The van der Waals surface area contributed by atoms with Gasteiger partial charge in [0.2, 0.25) is 5.16 Å². The van der Waals surface area contributed by atoms with Crippen LogP contribution in [-0.2, 0) is 13.6 Å². The van der Waals surface area contributed by atoms with Crippen molar-refractivity contribution < 1.29 is 4.74 Å². The lowest BCUT2D eigenvalue weighted by molar-refractivity contribution is 0.415. The molecule has 0 unspecified atom stereocenters. The lowest BCUT2D eigenvalue weighted by atomic mass is 10.2. The fourth-order valence-electron chi connectivity index (χ4n) is 1.70. The van der Waals surface area contributed by atoms with Gasteiger partial charge in [-0.25, -0.2) is 4.68 Å². The standard InChI is InChI=1S/C12H15Cl2N5OS/c1-19-12(16-17-18-19)21-4-3-15-7-8-5-9(13)11(20-2)10(14)6-8/h5-6,15H,3-4,7H2,1-2H3. The largest absolute Gasteiger partial charge is 0.494 e. The summed E-state index contributed by atoms with van der Waals surface area (Å²) in [4.78, 5) is 0. The van der Waals surface area contributed by atoms with E-state index in [1.165, 1.54) is 0 Å². The molecule has 0 fully saturated rings. The van der Waals surface area contributed by atoms with Crippen molar-refractivity contribution in [3.8, 4) is 5.75 Å². The summed E-state index contributed by atoms with van der Waals surface area (Å²) in [7, 11) is 3.36. The lowest BCUT2D eigenvalue weighted by Crippen LogP contribution is -2.16. The van der Waals surface area contributed by atoms with Crippen LogP contribution in [0.2, 0.25) is 10.0 Å². The molecule has 0 aliphatic heterocycles. The van der Waals surface area contributed by atoms with Crippen molar-refractivity contribution >= 4 is 35.0 Å². The maximum absolute atomic E-state index is 6.09. The quantitative estimate of drug-likeness (QED) is 0.612. The van der Waals surface area contributed by atoms with E-state index in [0.717, 1.165) is 23.0 Å². The van der Waals surface area contributed by atoms with Crippen molar-refractivity contribution in [2.45, 2.75) is 11.7 Å². The first-order valence-electron chi connectivity index (χ1n) is 6.19. The van der Waals surface area contributed by atoms with Crippen LogP contribution in [-0.4, -0.2) is 39.6 Å². The summed E-state index contributed by atoms with van der Waals surface area (Å²) in [5.41, 5.74) is 1.01. The number of benzene rings is 1. The molecular weight excluding hydrogens is 333 g/mol. The minimum atomic E-state index is 0.507. The Hall–Kier alpha value is -1.02. The molecule has 0 amide bonds. The predicted molar refractivity (Wildman–Crippen MR) is 84.2 cm³/mol. The lowest BCUT2D eigenvalue weighted by Gasteiger charge is -2.09. The second kappa shape index (κ2) is 7.84. The van der Waals surface area contributed by atoms with Gasteiger partial charge in [-0.15, -0.1) is 5.10 Å². The molecule has 0 spiro atoms. The zero-order chi connectivity index (χ0) is 15.2. The maximum atomic E-state index is 6.09. The summed E-state index contributed by atoms with van der Waals surface area (Å²) in [5, 5.41) is 16.4. The van der Waals surface area contributed by atoms with Crippen molar-refractivity contribution in [1.29, 1.82) is 0 Å². The Kier molecular flexibility index (Phi) is 6.10. The van der Waals surface area contributed by atoms with Crippen LogP contribution in [0.25, 0.3) is 0 Å². The fourth-order valence-corrected chi connectivity index (χ4v) is 3.13. The normalized spacial score (nSPS) is 10.9. The first kappa shape index (κ1) is 16.4. The third-order valence-corrected chi connectivity index (χ3v) is 4.26. The van der Waals surface area contributed by atoms with Crippen molar-refractivity contribution in [3.05, 3.63) is 27.7 Å². The molecule has 1 aromatic carbocycles. The van der Waals surface area contributed by atoms with Crippen LogP contribution in [0.5, 0.6) is 5.75 Å². The van der Waals surface area contributed by atoms with E-state index in [0.29, 0.717) is 22.3 Å². The molecule has 1 aromatic heterocycles. The highest BCUT2D eigenvalue weighted by Crippen LogP contribution is 2.33. The number of methoxy groups -OCH3 is 1. The highest BCUT2D eigenvalue weighted by molar-refractivity contribution is 7.99. The summed E-state index contributed by atoms with van der Waals surface area (Å²) in [5.74, 6) is 1.37. The second-order valence-corrected chi connectivity index (χ2v) is 6.08. The number of ether oxygens (including phenoxy) is 1. The number of aromatic nitrogens is 4. The number of tetrazole rings is 1. The van der Waals surface area contributed by atoms with E-state index in [2.05, 4.69) is 20.8 Å². The van der Waals surface area contributed by atoms with Crippen LogP contribution in [0.4, 0.5) is 0 Å². The van der Waals surface area contributed by atoms with E-state index in [-0.39, 0.29) is 0 Å². The minimum absolute atomic E-state index is 0.507. The Morgan fingerprint density at radius 2 is 2.05 bits per heavy atom. The number of nitrogens with one attached hydrogen (secondary N) is 1. The van der Waals surface area contributed by atoms with Crippen LogP contribution in [0.3, 0.4) is 0 Å². The van der Waals surface area contributed by atoms with Gasteiger partial charge in [0.05, 0.1) is 17.2 Å². The first-order valence-corrected chi connectivity index (χ1v) is 7.93. The first-order chi connectivity index (χ1) is 10.1. The van der Waals surface area contributed by atoms with Crippen LogP contribution >= 0.6 is 35.0 Å². The van der Waals surface area contributed by atoms with Crippen molar-refractivity contribution in [3.63, 3.8) is 0 Å². The molecule has 0 saturated carbocycles. The van der Waals surface area contributed by atoms with Crippen LogP contribution < -0.4 is 10.1 Å². The molecule has 2 rings (SSSR count). The van der Waals surface area contributed by atoms with Gasteiger partial charge in [-0.2, -0.15) is 0 Å². The average molecular weight is 348 g/mol. The monoisotopic (exact) mass is 347 g/mol. The molecule has 21 heavy (non-hydrogen) atoms. The van der Waals surface area contributed by atoms with Gasteiger partial charge < -0.3 is 10.1 Å². The third-order valence-electron chi connectivity index (χ3n) is 2.68. The summed E-state index contributed by atoms with van der Waals surface area (Å²) in [6.45, 7) is 1.50. The molecule has 0 atom stereocenters. The van der Waals surface area contributed by atoms with Crippen LogP contribution in [0.15, 0.2) is 17.3 Å². The summed E-state index contributed by atoms with van der Waals surface area (Å²) < 4.78 is 6.76. The summed E-state index contributed by atoms with van der Waals surface area (Å²) in [6.07, 6.45) is 0. The SMILES string of the molecule is COc1c(Cl)cc(CNCCSc2nnnn2C)cc1Cl. The number of nitrogens with zero attached hydrogens (tertiary/aromatic N) is 4. The maximum Gasteiger partial charge on any atom is 0.209 e. The van der Waals surface area contributed by atoms with Crippen LogP contribution in [0, 0.1) is 0 Å². The second-order valence-electron chi connectivity index (χ2n) is 4.20. The van der Waals surface area contributed by atoms with Gasteiger partial charge in [0, 0.05) is 25.9 Å². The number of hydrogen-bond acceptors (Lipinski definition) is 6. The van der Waals surface area contributed by atoms with Gasteiger partial charge in [0.25, 0.3) is 0 Å². The Balaban J connectivity index is 1.77.